The van der Waals surface area contributed by atoms with Crippen LogP contribution in [0.25, 0.3) is 0 Å². The maximum absolute atomic E-state index is 10.8. The molecule has 4 heteroatoms. The SMILES string of the molecule is CCCOC(=O)C(Br)=CBr. The van der Waals surface area contributed by atoms with Crippen LogP contribution in [-0.2, 0) is 9.53 Å². The van der Waals surface area contributed by atoms with Crippen molar-refractivity contribution in [3.63, 3.8) is 0 Å². The molecule has 0 fully saturated rings. The largest absolute Gasteiger partial charge is 0.462 e. The quantitative estimate of drug-likeness (QED) is 0.583. The van der Waals surface area contributed by atoms with Crippen LogP contribution < -0.4 is 0 Å². The second-order valence-corrected chi connectivity index (χ2v) is 2.91. The van der Waals surface area contributed by atoms with Crippen LogP contribution in [0, 0.1) is 0 Å². The lowest BCUT2D eigenvalue weighted by Gasteiger charge is -1.99. The average Bonchev–Trinajstić information content (AvgIpc) is 1.98. The Morgan fingerprint density at radius 2 is 2.30 bits per heavy atom. The van der Waals surface area contributed by atoms with Crippen LogP contribution >= 0.6 is 31.9 Å². The normalized spacial score (nSPS) is 11.3. The minimum atomic E-state index is -0.335. The Morgan fingerprint density at radius 3 is 2.70 bits per heavy atom. The van der Waals surface area contributed by atoms with Gasteiger partial charge in [-0.2, -0.15) is 0 Å². The Bertz CT molecular complexity index is 143. The Balaban J connectivity index is 3.63. The summed E-state index contributed by atoms with van der Waals surface area (Å²) < 4.78 is 5.16. The van der Waals surface area contributed by atoms with Gasteiger partial charge < -0.3 is 4.74 Å². The smallest absolute Gasteiger partial charge is 0.345 e. The Hall–Kier alpha value is 0.170. The van der Waals surface area contributed by atoms with E-state index >= 15 is 0 Å². The first-order valence-electron chi connectivity index (χ1n) is 2.85. The topological polar surface area (TPSA) is 26.3 Å². The maximum atomic E-state index is 10.8. The van der Waals surface area contributed by atoms with Gasteiger partial charge in [0.15, 0.2) is 0 Å². The molecule has 0 saturated heterocycles. The van der Waals surface area contributed by atoms with E-state index in [1.807, 2.05) is 6.92 Å². The van der Waals surface area contributed by atoms with Gasteiger partial charge in [0.25, 0.3) is 0 Å². The predicted molar refractivity (Wildman–Crippen MR) is 47.2 cm³/mol. The van der Waals surface area contributed by atoms with Crippen molar-refractivity contribution < 1.29 is 9.53 Å². The maximum Gasteiger partial charge on any atom is 0.345 e. The van der Waals surface area contributed by atoms with E-state index in [9.17, 15) is 4.79 Å². The highest BCUT2D eigenvalue weighted by atomic mass is 79.9. The van der Waals surface area contributed by atoms with Gasteiger partial charge in [-0.05, 0) is 22.4 Å². The van der Waals surface area contributed by atoms with Gasteiger partial charge in [-0.15, -0.1) is 0 Å². The molecule has 0 unspecified atom stereocenters. The monoisotopic (exact) mass is 270 g/mol. The Kier molecular flexibility index (Phi) is 6.02. The van der Waals surface area contributed by atoms with Crippen LogP contribution in [0.15, 0.2) is 9.47 Å². The first-order valence-corrected chi connectivity index (χ1v) is 4.56. The summed E-state index contributed by atoms with van der Waals surface area (Å²) >= 11 is 6.01. The fourth-order valence-electron chi connectivity index (χ4n) is 0.308. The van der Waals surface area contributed by atoms with Crippen LogP contribution in [0.2, 0.25) is 0 Å². The number of hydrogen-bond acceptors (Lipinski definition) is 2. The minimum absolute atomic E-state index is 0.335. The molecule has 0 aromatic rings. The summed E-state index contributed by atoms with van der Waals surface area (Å²) in [5, 5.41) is 0. The summed E-state index contributed by atoms with van der Waals surface area (Å²) in [6.45, 7) is 2.41. The summed E-state index contributed by atoms with van der Waals surface area (Å²) in [5.41, 5.74) is 0. The van der Waals surface area contributed by atoms with Crippen LogP contribution in [0.4, 0.5) is 0 Å². The molecule has 10 heavy (non-hydrogen) atoms. The molecular weight excluding hydrogens is 264 g/mol. The van der Waals surface area contributed by atoms with Gasteiger partial charge in [0.2, 0.25) is 0 Å². The summed E-state index contributed by atoms with van der Waals surface area (Å²) in [6.07, 6.45) is 0.842. The van der Waals surface area contributed by atoms with E-state index in [1.54, 1.807) is 0 Å². The molecule has 0 atom stereocenters. The molecule has 0 aliphatic carbocycles. The highest BCUT2D eigenvalue weighted by Crippen LogP contribution is 2.09. The number of halogens is 2. The van der Waals surface area contributed by atoms with Gasteiger partial charge in [0.1, 0.15) is 4.48 Å². The third-order valence-electron chi connectivity index (χ3n) is 0.728. The highest BCUT2D eigenvalue weighted by Gasteiger charge is 2.04. The Labute approximate surface area is 76.9 Å². The van der Waals surface area contributed by atoms with E-state index in [4.69, 9.17) is 4.74 Å². The van der Waals surface area contributed by atoms with Gasteiger partial charge in [0.05, 0.1) is 6.61 Å². The van der Waals surface area contributed by atoms with Gasteiger partial charge in [-0.1, -0.05) is 22.9 Å². The molecule has 0 spiro atoms. The number of esters is 1. The zero-order valence-electron chi connectivity index (χ0n) is 5.56. The third kappa shape index (κ3) is 4.06. The molecule has 0 aliphatic rings. The predicted octanol–water partition coefficient (Wildman–Crippen LogP) is 2.57. The molecule has 0 aromatic heterocycles. The molecule has 58 valence electrons. The molecular formula is C6H8Br2O2. The van der Waals surface area contributed by atoms with Crippen molar-refractivity contribution in [2.24, 2.45) is 0 Å². The first kappa shape index (κ1) is 10.2. The molecule has 0 amide bonds. The Morgan fingerprint density at radius 1 is 1.70 bits per heavy atom. The van der Waals surface area contributed by atoms with Gasteiger partial charge in [-0.3, -0.25) is 0 Å². The minimum Gasteiger partial charge on any atom is -0.462 e. The van der Waals surface area contributed by atoms with Crippen LogP contribution in [-0.4, -0.2) is 12.6 Å². The van der Waals surface area contributed by atoms with E-state index in [0.29, 0.717) is 11.1 Å². The van der Waals surface area contributed by atoms with Crippen molar-refractivity contribution in [1.29, 1.82) is 0 Å². The van der Waals surface area contributed by atoms with Crippen molar-refractivity contribution in [1.82, 2.24) is 0 Å². The number of carbonyl (C=O) groups is 1. The number of rotatable bonds is 3. The number of ether oxygens (including phenoxy) is 1. The van der Waals surface area contributed by atoms with E-state index in [0.717, 1.165) is 6.42 Å². The fraction of sp³-hybridized carbons (Fsp3) is 0.500. The standard InChI is InChI=1S/C6H8Br2O2/c1-2-3-10-6(9)5(8)4-7/h4H,2-3H2,1H3. The van der Waals surface area contributed by atoms with E-state index in [1.165, 1.54) is 4.99 Å². The van der Waals surface area contributed by atoms with E-state index in [2.05, 4.69) is 31.9 Å². The molecule has 0 rings (SSSR count). The van der Waals surface area contributed by atoms with Crippen molar-refractivity contribution in [3.8, 4) is 0 Å². The van der Waals surface area contributed by atoms with E-state index < -0.39 is 0 Å². The summed E-state index contributed by atoms with van der Waals surface area (Å²) in [7, 11) is 0. The summed E-state index contributed by atoms with van der Waals surface area (Å²) in [4.78, 5) is 12.2. The number of carbonyl (C=O) groups excluding carboxylic acids is 1. The van der Waals surface area contributed by atoms with Gasteiger partial charge in [0, 0.05) is 4.99 Å². The highest BCUT2D eigenvalue weighted by molar-refractivity contribution is 9.14. The molecule has 0 N–H and O–H groups in total. The van der Waals surface area contributed by atoms with Crippen molar-refractivity contribution in [2.75, 3.05) is 6.61 Å². The van der Waals surface area contributed by atoms with Crippen LogP contribution in [0.5, 0.6) is 0 Å². The summed E-state index contributed by atoms with van der Waals surface area (Å²) in [6, 6.07) is 0. The van der Waals surface area contributed by atoms with E-state index in [-0.39, 0.29) is 5.97 Å². The van der Waals surface area contributed by atoms with Crippen LogP contribution in [0.3, 0.4) is 0 Å². The molecule has 0 aromatic carbocycles. The lowest BCUT2D eigenvalue weighted by Crippen LogP contribution is -2.03. The van der Waals surface area contributed by atoms with Crippen molar-refractivity contribution in [3.05, 3.63) is 9.47 Å². The molecule has 2 nitrogen and oxygen atoms in total. The first-order chi connectivity index (χ1) is 4.72. The molecule has 0 bridgehead atoms. The fourth-order valence-corrected chi connectivity index (χ4v) is 0.610. The molecule has 0 aliphatic heterocycles. The zero-order valence-corrected chi connectivity index (χ0v) is 8.74. The van der Waals surface area contributed by atoms with Crippen LogP contribution in [0.1, 0.15) is 13.3 Å². The van der Waals surface area contributed by atoms with Gasteiger partial charge >= 0.3 is 5.97 Å². The summed E-state index contributed by atoms with van der Waals surface area (Å²) in [5.74, 6) is -0.335. The second kappa shape index (κ2) is 5.92. The lowest BCUT2D eigenvalue weighted by molar-refractivity contribution is -0.138. The second-order valence-electron chi connectivity index (χ2n) is 1.59. The molecule has 0 saturated carbocycles. The number of hydrogen-bond donors (Lipinski definition) is 0. The van der Waals surface area contributed by atoms with Crippen molar-refractivity contribution >= 4 is 37.8 Å². The third-order valence-corrected chi connectivity index (χ3v) is 2.35. The van der Waals surface area contributed by atoms with Crippen molar-refractivity contribution in [2.45, 2.75) is 13.3 Å². The molecule has 0 heterocycles. The average molecular weight is 272 g/mol. The zero-order chi connectivity index (χ0) is 7.98. The molecule has 0 radical (unpaired) electrons. The lowest BCUT2D eigenvalue weighted by atomic mass is 10.5. The van der Waals surface area contributed by atoms with Gasteiger partial charge in [-0.25, -0.2) is 4.79 Å².